The minimum atomic E-state index is -0.669. The lowest BCUT2D eigenvalue weighted by Gasteiger charge is -2.23. The highest BCUT2D eigenvalue weighted by Gasteiger charge is 2.23. The van der Waals surface area contributed by atoms with Crippen LogP contribution in [0, 0.1) is 17.6 Å². The van der Waals surface area contributed by atoms with Gasteiger partial charge in [0.05, 0.1) is 0 Å². The number of hydrogen-bond acceptors (Lipinski definition) is 4. The molecule has 2 heterocycles. The molecular weight excluding hydrogens is 250 g/mol. The lowest BCUT2D eigenvalue weighted by atomic mass is 10.1. The molecule has 1 aliphatic rings. The van der Waals surface area contributed by atoms with Gasteiger partial charge in [0, 0.05) is 33.3 Å². The lowest BCUT2D eigenvalue weighted by molar-refractivity contribution is 0.395. The van der Waals surface area contributed by atoms with Crippen LogP contribution >= 0.6 is 0 Å². The molecule has 0 aliphatic carbocycles. The number of rotatable bonds is 4. The summed E-state index contributed by atoms with van der Waals surface area (Å²) in [5, 5.41) is 2.63. The van der Waals surface area contributed by atoms with Gasteiger partial charge < -0.3 is 15.1 Å². The van der Waals surface area contributed by atoms with Crippen LogP contribution in [-0.4, -0.2) is 50.7 Å². The van der Waals surface area contributed by atoms with Gasteiger partial charge in [-0.1, -0.05) is 0 Å². The van der Waals surface area contributed by atoms with Crippen LogP contribution in [0.25, 0.3) is 0 Å². The van der Waals surface area contributed by atoms with E-state index in [-0.39, 0.29) is 11.6 Å². The molecule has 0 radical (unpaired) electrons. The number of aromatic nitrogens is 1. The third-order valence-electron chi connectivity index (χ3n) is 3.53. The molecule has 1 aliphatic heterocycles. The van der Waals surface area contributed by atoms with Gasteiger partial charge in [0.25, 0.3) is 0 Å². The smallest absolute Gasteiger partial charge is 0.168 e. The third-order valence-corrected chi connectivity index (χ3v) is 3.53. The number of pyridine rings is 1. The highest BCUT2D eigenvalue weighted by atomic mass is 19.1. The van der Waals surface area contributed by atoms with Crippen LogP contribution in [0.4, 0.5) is 20.4 Å². The van der Waals surface area contributed by atoms with Crippen molar-refractivity contribution >= 4 is 11.6 Å². The Labute approximate surface area is 112 Å². The molecule has 4 nitrogen and oxygen atoms in total. The minimum Gasteiger partial charge on any atom is -0.371 e. The summed E-state index contributed by atoms with van der Waals surface area (Å²) in [5.41, 5.74) is 0. The zero-order chi connectivity index (χ0) is 14.0. The molecular formula is C13H20F2N4. The standard InChI is InChI=1S/C13H20F2N4/c1-16-12-10(14)6-11(15)13(17-12)19(3)8-9-4-5-18(2)7-9/h6,9H,4-5,7-8H2,1-3H3,(H,16,17). The van der Waals surface area contributed by atoms with Crippen molar-refractivity contribution in [2.75, 3.05) is 51.0 Å². The maximum absolute atomic E-state index is 13.8. The number of nitrogens with zero attached hydrogens (tertiary/aromatic N) is 3. The van der Waals surface area contributed by atoms with Gasteiger partial charge >= 0.3 is 0 Å². The van der Waals surface area contributed by atoms with Crippen molar-refractivity contribution < 1.29 is 8.78 Å². The highest BCUT2D eigenvalue weighted by molar-refractivity contribution is 5.48. The van der Waals surface area contributed by atoms with Crippen LogP contribution in [0.15, 0.2) is 6.07 Å². The second-order valence-electron chi connectivity index (χ2n) is 5.17. The van der Waals surface area contributed by atoms with Gasteiger partial charge in [-0.05, 0) is 25.9 Å². The third kappa shape index (κ3) is 3.12. The molecule has 0 amide bonds. The number of likely N-dealkylation sites (tertiary alicyclic amines) is 1. The fourth-order valence-corrected chi connectivity index (χ4v) is 2.55. The Hall–Kier alpha value is -1.43. The molecule has 6 heteroatoms. The summed E-state index contributed by atoms with van der Waals surface area (Å²) in [5.74, 6) is -0.519. The van der Waals surface area contributed by atoms with E-state index in [2.05, 4.69) is 22.2 Å². The van der Waals surface area contributed by atoms with Crippen molar-refractivity contribution in [1.82, 2.24) is 9.88 Å². The average Bonchev–Trinajstić information content (AvgIpc) is 2.74. The quantitative estimate of drug-likeness (QED) is 0.904. The van der Waals surface area contributed by atoms with Crippen molar-refractivity contribution in [1.29, 1.82) is 0 Å². The molecule has 1 saturated heterocycles. The Balaban J connectivity index is 2.12. The second kappa shape index (κ2) is 5.69. The monoisotopic (exact) mass is 270 g/mol. The van der Waals surface area contributed by atoms with Crippen LogP contribution in [0.2, 0.25) is 0 Å². The van der Waals surface area contributed by atoms with Crippen LogP contribution in [0.3, 0.4) is 0 Å². The van der Waals surface area contributed by atoms with Gasteiger partial charge in [-0.25, -0.2) is 13.8 Å². The highest BCUT2D eigenvalue weighted by Crippen LogP contribution is 2.23. The van der Waals surface area contributed by atoms with Gasteiger partial charge in [0.2, 0.25) is 0 Å². The van der Waals surface area contributed by atoms with E-state index in [4.69, 9.17) is 0 Å². The molecule has 0 spiro atoms. The molecule has 106 valence electrons. The molecule has 1 unspecified atom stereocenters. The fourth-order valence-electron chi connectivity index (χ4n) is 2.55. The normalized spacial score (nSPS) is 19.7. The minimum absolute atomic E-state index is 0.0757. The summed E-state index contributed by atoms with van der Waals surface area (Å²) < 4.78 is 27.1. The molecule has 1 N–H and O–H groups in total. The molecule has 0 aromatic carbocycles. The van der Waals surface area contributed by atoms with E-state index in [9.17, 15) is 8.78 Å². The Bertz CT molecular complexity index is 453. The first-order valence-corrected chi connectivity index (χ1v) is 6.44. The van der Waals surface area contributed by atoms with Gasteiger partial charge in [0.1, 0.15) is 0 Å². The van der Waals surface area contributed by atoms with E-state index >= 15 is 0 Å². The van der Waals surface area contributed by atoms with E-state index in [1.807, 2.05) is 0 Å². The maximum atomic E-state index is 13.8. The van der Waals surface area contributed by atoms with Crippen LogP contribution in [-0.2, 0) is 0 Å². The molecule has 1 aromatic rings. The molecule has 2 rings (SSSR count). The Kier molecular flexibility index (Phi) is 4.19. The predicted molar refractivity (Wildman–Crippen MR) is 72.6 cm³/mol. The lowest BCUT2D eigenvalue weighted by Crippen LogP contribution is -2.28. The largest absolute Gasteiger partial charge is 0.371 e. The van der Waals surface area contributed by atoms with E-state index in [1.165, 1.54) is 0 Å². The zero-order valence-electron chi connectivity index (χ0n) is 11.6. The first-order valence-electron chi connectivity index (χ1n) is 6.44. The summed E-state index contributed by atoms with van der Waals surface area (Å²) in [7, 11) is 5.44. The van der Waals surface area contributed by atoms with Gasteiger partial charge in [-0.2, -0.15) is 0 Å². The van der Waals surface area contributed by atoms with Gasteiger partial charge in [-0.3, -0.25) is 0 Å². The van der Waals surface area contributed by atoms with E-state index in [0.29, 0.717) is 5.92 Å². The van der Waals surface area contributed by atoms with E-state index in [0.717, 1.165) is 32.1 Å². The van der Waals surface area contributed by atoms with Crippen LogP contribution in [0.5, 0.6) is 0 Å². The van der Waals surface area contributed by atoms with E-state index < -0.39 is 11.6 Å². The summed E-state index contributed by atoms with van der Waals surface area (Å²) in [4.78, 5) is 8.02. The Morgan fingerprint density at radius 2 is 2.21 bits per heavy atom. The summed E-state index contributed by atoms with van der Waals surface area (Å²) >= 11 is 0. The number of anilines is 2. The second-order valence-corrected chi connectivity index (χ2v) is 5.17. The molecule has 1 fully saturated rings. The maximum Gasteiger partial charge on any atom is 0.168 e. The zero-order valence-corrected chi connectivity index (χ0v) is 11.6. The average molecular weight is 270 g/mol. The predicted octanol–water partition coefficient (Wildman–Crippen LogP) is 1.79. The summed E-state index contributed by atoms with van der Waals surface area (Å²) in [6.45, 7) is 2.80. The first kappa shape index (κ1) is 14.0. The van der Waals surface area contributed by atoms with Gasteiger partial charge in [0.15, 0.2) is 23.3 Å². The summed E-state index contributed by atoms with van der Waals surface area (Å²) in [6, 6.07) is 0.880. The first-order chi connectivity index (χ1) is 9.01. The summed E-state index contributed by atoms with van der Waals surface area (Å²) in [6.07, 6.45) is 1.10. The fraction of sp³-hybridized carbons (Fsp3) is 0.615. The van der Waals surface area contributed by atoms with Crippen molar-refractivity contribution in [2.24, 2.45) is 5.92 Å². The van der Waals surface area contributed by atoms with Crippen molar-refractivity contribution in [3.8, 4) is 0 Å². The Morgan fingerprint density at radius 3 is 2.79 bits per heavy atom. The number of hydrogen-bond donors (Lipinski definition) is 1. The topological polar surface area (TPSA) is 31.4 Å². The number of halogens is 2. The van der Waals surface area contributed by atoms with Crippen molar-refractivity contribution in [2.45, 2.75) is 6.42 Å². The molecule has 0 saturated carbocycles. The van der Waals surface area contributed by atoms with Crippen molar-refractivity contribution in [3.05, 3.63) is 17.7 Å². The van der Waals surface area contributed by atoms with Crippen LogP contribution in [0.1, 0.15) is 6.42 Å². The molecule has 1 atom stereocenters. The van der Waals surface area contributed by atoms with Crippen LogP contribution < -0.4 is 10.2 Å². The number of nitrogens with one attached hydrogen (secondary N) is 1. The molecule has 0 bridgehead atoms. The Morgan fingerprint density at radius 1 is 1.47 bits per heavy atom. The van der Waals surface area contributed by atoms with Crippen molar-refractivity contribution in [3.63, 3.8) is 0 Å². The molecule has 1 aromatic heterocycles. The SMILES string of the molecule is CNc1nc(N(C)CC2CCN(C)C2)c(F)cc1F. The van der Waals surface area contributed by atoms with E-state index in [1.54, 1.807) is 19.0 Å². The molecule has 19 heavy (non-hydrogen) atoms. The van der Waals surface area contributed by atoms with Gasteiger partial charge in [-0.15, -0.1) is 0 Å².